The van der Waals surface area contributed by atoms with Gasteiger partial charge in [-0.15, -0.1) is 0 Å². The summed E-state index contributed by atoms with van der Waals surface area (Å²) in [6, 6.07) is 8.75. The zero-order valence-electron chi connectivity index (χ0n) is 8.37. The summed E-state index contributed by atoms with van der Waals surface area (Å²) >= 11 is 0. The predicted octanol–water partition coefficient (Wildman–Crippen LogP) is 2.78. The van der Waals surface area contributed by atoms with E-state index in [1.165, 1.54) is 12.3 Å². The third kappa shape index (κ3) is 1.96. The Hall–Kier alpha value is -1.90. The van der Waals surface area contributed by atoms with E-state index in [1.54, 1.807) is 6.07 Å². The van der Waals surface area contributed by atoms with Crippen LogP contribution in [0.4, 0.5) is 10.1 Å². The maximum Gasteiger partial charge on any atom is 0.212 e. The summed E-state index contributed by atoms with van der Waals surface area (Å²) < 4.78 is 12.6. The van der Waals surface area contributed by atoms with Crippen LogP contribution in [0, 0.1) is 12.9 Å². The van der Waals surface area contributed by atoms with Gasteiger partial charge < -0.3 is 5.73 Å². The molecular weight excluding hydrogens is 191 g/mol. The average molecular weight is 202 g/mol. The molecule has 0 aliphatic rings. The van der Waals surface area contributed by atoms with Crippen LogP contribution >= 0.6 is 0 Å². The van der Waals surface area contributed by atoms with E-state index in [9.17, 15) is 4.39 Å². The number of rotatable bonds is 1. The molecule has 0 amide bonds. The van der Waals surface area contributed by atoms with Gasteiger partial charge >= 0.3 is 0 Å². The Kier molecular flexibility index (Phi) is 2.37. The second kappa shape index (κ2) is 3.69. The number of nitrogens with two attached hydrogens (primary N) is 1. The molecule has 0 aliphatic heterocycles. The number of nitrogen functional groups attached to an aromatic ring is 1. The van der Waals surface area contributed by atoms with Gasteiger partial charge in [0, 0.05) is 17.4 Å². The maximum absolute atomic E-state index is 12.6. The van der Waals surface area contributed by atoms with Gasteiger partial charge in [-0.05, 0) is 42.3 Å². The first-order valence-corrected chi connectivity index (χ1v) is 4.65. The highest BCUT2D eigenvalue weighted by atomic mass is 19.1. The van der Waals surface area contributed by atoms with Crippen molar-refractivity contribution in [1.82, 2.24) is 4.98 Å². The van der Waals surface area contributed by atoms with Crippen LogP contribution in [0.3, 0.4) is 0 Å². The number of hydrogen-bond donors (Lipinski definition) is 1. The molecule has 2 rings (SSSR count). The molecule has 76 valence electrons. The van der Waals surface area contributed by atoms with E-state index in [2.05, 4.69) is 4.98 Å². The zero-order valence-corrected chi connectivity index (χ0v) is 8.37. The highest BCUT2D eigenvalue weighted by Crippen LogP contribution is 2.22. The molecular formula is C12H11FN2. The first-order chi connectivity index (χ1) is 7.16. The minimum Gasteiger partial charge on any atom is -0.399 e. The topological polar surface area (TPSA) is 38.9 Å². The first kappa shape index (κ1) is 9.65. The number of halogens is 1. The van der Waals surface area contributed by atoms with Gasteiger partial charge in [-0.1, -0.05) is 6.07 Å². The van der Waals surface area contributed by atoms with Crippen molar-refractivity contribution in [3.63, 3.8) is 0 Å². The van der Waals surface area contributed by atoms with Crippen LogP contribution in [0.25, 0.3) is 11.1 Å². The lowest BCUT2D eigenvalue weighted by Gasteiger charge is -2.04. The van der Waals surface area contributed by atoms with Crippen LogP contribution in [0.5, 0.6) is 0 Å². The molecule has 1 aromatic heterocycles. The summed E-state index contributed by atoms with van der Waals surface area (Å²) in [7, 11) is 0. The van der Waals surface area contributed by atoms with Crippen molar-refractivity contribution in [2.75, 3.05) is 5.73 Å². The van der Waals surface area contributed by atoms with Gasteiger partial charge in [-0.25, -0.2) is 4.98 Å². The molecule has 0 aliphatic carbocycles. The molecule has 15 heavy (non-hydrogen) atoms. The zero-order chi connectivity index (χ0) is 10.8. The van der Waals surface area contributed by atoms with Crippen LogP contribution in [0.15, 0.2) is 36.5 Å². The molecule has 0 saturated carbocycles. The van der Waals surface area contributed by atoms with Gasteiger partial charge in [0.2, 0.25) is 5.95 Å². The molecule has 0 fully saturated rings. The number of nitrogens with zero attached hydrogens (tertiary/aromatic N) is 1. The molecule has 0 spiro atoms. The van der Waals surface area contributed by atoms with Crippen molar-refractivity contribution in [2.24, 2.45) is 0 Å². The summed E-state index contributed by atoms with van der Waals surface area (Å²) in [5, 5.41) is 0. The van der Waals surface area contributed by atoms with Crippen molar-refractivity contribution in [3.8, 4) is 11.1 Å². The van der Waals surface area contributed by atoms with Crippen LogP contribution in [0.1, 0.15) is 5.56 Å². The van der Waals surface area contributed by atoms with Gasteiger partial charge in [0.15, 0.2) is 0 Å². The number of benzene rings is 1. The van der Waals surface area contributed by atoms with E-state index in [1.807, 2.05) is 25.1 Å². The van der Waals surface area contributed by atoms with Crippen molar-refractivity contribution in [3.05, 3.63) is 48.0 Å². The van der Waals surface area contributed by atoms with Gasteiger partial charge in [0.25, 0.3) is 0 Å². The van der Waals surface area contributed by atoms with Gasteiger partial charge in [0.1, 0.15) is 0 Å². The smallest absolute Gasteiger partial charge is 0.212 e. The standard InChI is InChI=1S/C12H11FN2/c1-8-6-9(2-4-11(8)14)10-3-5-12(13)15-7-10/h2-7H,14H2,1H3. The second-order valence-corrected chi connectivity index (χ2v) is 3.44. The number of aromatic nitrogens is 1. The van der Waals surface area contributed by atoms with Crippen LogP contribution < -0.4 is 5.73 Å². The molecule has 0 radical (unpaired) electrons. The van der Waals surface area contributed by atoms with Gasteiger partial charge in [-0.2, -0.15) is 4.39 Å². The molecule has 2 N–H and O–H groups in total. The third-order valence-electron chi connectivity index (χ3n) is 2.33. The quantitative estimate of drug-likeness (QED) is 0.570. The molecule has 0 atom stereocenters. The summed E-state index contributed by atoms with van der Waals surface area (Å²) in [6.45, 7) is 1.94. The van der Waals surface area contributed by atoms with Crippen molar-refractivity contribution >= 4 is 5.69 Å². The van der Waals surface area contributed by atoms with E-state index in [-0.39, 0.29) is 0 Å². The summed E-state index contributed by atoms with van der Waals surface area (Å²) in [6.07, 6.45) is 1.51. The van der Waals surface area contributed by atoms with Crippen LogP contribution in [0.2, 0.25) is 0 Å². The van der Waals surface area contributed by atoms with E-state index >= 15 is 0 Å². The van der Waals surface area contributed by atoms with Crippen molar-refractivity contribution < 1.29 is 4.39 Å². The Labute approximate surface area is 87.6 Å². The molecule has 0 saturated heterocycles. The largest absolute Gasteiger partial charge is 0.399 e. The highest BCUT2D eigenvalue weighted by Gasteiger charge is 2.00. The fraction of sp³-hybridized carbons (Fsp3) is 0.0833. The number of pyridine rings is 1. The minimum atomic E-state index is -0.467. The number of aryl methyl sites for hydroxylation is 1. The molecule has 0 unspecified atom stereocenters. The first-order valence-electron chi connectivity index (χ1n) is 4.65. The van der Waals surface area contributed by atoms with E-state index in [0.29, 0.717) is 0 Å². The highest BCUT2D eigenvalue weighted by molar-refractivity contribution is 5.66. The molecule has 1 heterocycles. The lowest BCUT2D eigenvalue weighted by atomic mass is 10.0. The van der Waals surface area contributed by atoms with Crippen molar-refractivity contribution in [1.29, 1.82) is 0 Å². The summed E-state index contributed by atoms with van der Waals surface area (Å²) in [5.74, 6) is -0.467. The van der Waals surface area contributed by atoms with Crippen molar-refractivity contribution in [2.45, 2.75) is 6.92 Å². The van der Waals surface area contributed by atoms with Crippen LogP contribution in [-0.2, 0) is 0 Å². The Bertz CT molecular complexity index is 477. The number of hydrogen-bond acceptors (Lipinski definition) is 2. The van der Waals surface area contributed by atoms with Gasteiger partial charge in [0.05, 0.1) is 0 Å². The summed E-state index contributed by atoms with van der Waals surface area (Å²) in [5.41, 5.74) is 9.37. The Morgan fingerprint density at radius 3 is 2.47 bits per heavy atom. The third-order valence-corrected chi connectivity index (χ3v) is 2.33. The number of anilines is 1. The van der Waals surface area contributed by atoms with Crippen LogP contribution in [-0.4, -0.2) is 4.98 Å². The maximum atomic E-state index is 12.6. The Morgan fingerprint density at radius 2 is 1.87 bits per heavy atom. The molecule has 2 aromatic rings. The molecule has 1 aromatic carbocycles. The van der Waals surface area contributed by atoms with Gasteiger partial charge in [-0.3, -0.25) is 0 Å². The fourth-order valence-corrected chi connectivity index (χ4v) is 1.40. The normalized spacial score (nSPS) is 10.3. The predicted molar refractivity (Wildman–Crippen MR) is 58.8 cm³/mol. The second-order valence-electron chi connectivity index (χ2n) is 3.44. The minimum absolute atomic E-state index is 0.467. The van der Waals surface area contributed by atoms with E-state index in [0.717, 1.165) is 22.4 Å². The van der Waals surface area contributed by atoms with E-state index < -0.39 is 5.95 Å². The fourth-order valence-electron chi connectivity index (χ4n) is 1.40. The molecule has 0 bridgehead atoms. The Morgan fingerprint density at radius 1 is 1.13 bits per heavy atom. The average Bonchev–Trinajstić information content (AvgIpc) is 2.23. The SMILES string of the molecule is Cc1cc(-c2ccc(F)nc2)ccc1N. The Balaban J connectivity index is 2.45. The monoisotopic (exact) mass is 202 g/mol. The lowest BCUT2D eigenvalue weighted by Crippen LogP contribution is -1.90. The summed E-state index contributed by atoms with van der Waals surface area (Å²) in [4.78, 5) is 3.61. The molecule has 3 heteroatoms. The van der Waals surface area contributed by atoms with E-state index in [4.69, 9.17) is 5.73 Å². The lowest BCUT2D eigenvalue weighted by molar-refractivity contribution is 0.584. The molecule has 2 nitrogen and oxygen atoms in total.